The molecule has 0 aliphatic carbocycles. The fourth-order valence-electron chi connectivity index (χ4n) is 4.90. The number of aryl methyl sites for hydroxylation is 2. The van der Waals surface area contributed by atoms with Crippen LogP contribution in [0.3, 0.4) is 0 Å². The number of nitrogens with one attached hydrogen (secondary N) is 1. The molecule has 0 amide bonds. The molecule has 8 heteroatoms. The molecule has 1 N–H and O–H groups in total. The summed E-state index contributed by atoms with van der Waals surface area (Å²) in [7, 11) is 0. The molecule has 2 heterocycles. The Hall–Kier alpha value is -1.54. The predicted molar refractivity (Wildman–Crippen MR) is 143 cm³/mol. The first-order valence-corrected chi connectivity index (χ1v) is 14.0. The van der Waals surface area contributed by atoms with E-state index in [1.54, 1.807) is 6.07 Å². The lowest BCUT2D eigenvalue weighted by Gasteiger charge is -2.12. The number of pyridine rings is 1. The van der Waals surface area contributed by atoms with Crippen molar-refractivity contribution in [2.75, 3.05) is 17.3 Å². The molecule has 0 saturated heterocycles. The quantitative estimate of drug-likeness (QED) is 0.181. The standard InChI is InChI=1S/C26H35F3N2OS2/c1-3-21-18(2)24-22(12-11-20-25(24)19(26(27,28)29)17-23(32)30-20)31(21)13-9-7-5-4-6-8-10-15-34-16-14-33/h11-12,17,33H,3-10,13-16H2,1-2H3,(H,30,32). The maximum Gasteiger partial charge on any atom is 0.417 e. The van der Waals surface area contributed by atoms with Gasteiger partial charge in [-0.25, -0.2) is 0 Å². The highest BCUT2D eigenvalue weighted by atomic mass is 32.2. The number of halogens is 3. The van der Waals surface area contributed by atoms with Crippen molar-refractivity contribution in [1.82, 2.24) is 9.55 Å². The van der Waals surface area contributed by atoms with Gasteiger partial charge in [0.1, 0.15) is 0 Å². The summed E-state index contributed by atoms with van der Waals surface area (Å²) in [5.41, 5.74) is 1.40. The number of fused-ring (bicyclic) bond motifs is 3. The van der Waals surface area contributed by atoms with E-state index in [1.165, 1.54) is 37.9 Å². The normalized spacial score (nSPS) is 12.3. The summed E-state index contributed by atoms with van der Waals surface area (Å²) in [6.07, 6.45) is 4.50. The van der Waals surface area contributed by atoms with E-state index in [0.29, 0.717) is 11.5 Å². The van der Waals surface area contributed by atoms with Crippen LogP contribution in [0.5, 0.6) is 0 Å². The highest BCUT2D eigenvalue weighted by Crippen LogP contribution is 2.39. The average molecular weight is 513 g/mol. The minimum Gasteiger partial charge on any atom is -0.344 e. The van der Waals surface area contributed by atoms with Gasteiger partial charge in [0.15, 0.2) is 0 Å². The van der Waals surface area contributed by atoms with Crippen molar-refractivity contribution >= 4 is 46.2 Å². The fraction of sp³-hybridized carbons (Fsp3) is 0.577. The lowest BCUT2D eigenvalue weighted by atomic mass is 10.0. The maximum absolute atomic E-state index is 13.8. The fourth-order valence-corrected chi connectivity index (χ4v) is 6.03. The second-order valence-electron chi connectivity index (χ2n) is 8.82. The largest absolute Gasteiger partial charge is 0.417 e. The van der Waals surface area contributed by atoms with Gasteiger partial charge in [0.2, 0.25) is 5.56 Å². The Morgan fingerprint density at radius 2 is 1.68 bits per heavy atom. The summed E-state index contributed by atoms with van der Waals surface area (Å²) in [6.45, 7) is 4.74. The molecule has 0 atom stereocenters. The number of thioether (sulfide) groups is 1. The summed E-state index contributed by atoms with van der Waals surface area (Å²) in [4.78, 5) is 14.5. The van der Waals surface area contributed by atoms with Crippen molar-refractivity contribution in [2.45, 2.75) is 77.9 Å². The third kappa shape index (κ3) is 6.36. The number of hydrogen-bond acceptors (Lipinski definition) is 3. The zero-order chi connectivity index (χ0) is 24.7. The summed E-state index contributed by atoms with van der Waals surface area (Å²) < 4.78 is 43.7. The molecule has 0 bridgehead atoms. The second-order valence-corrected chi connectivity index (χ2v) is 10.5. The van der Waals surface area contributed by atoms with Crippen molar-refractivity contribution in [1.29, 1.82) is 0 Å². The van der Waals surface area contributed by atoms with Gasteiger partial charge in [-0.05, 0) is 55.4 Å². The van der Waals surface area contributed by atoms with Crippen molar-refractivity contribution in [3.05, 3.63) is 45.4 Å². The molecule has 188 valence electrons. The number of unbranched alkanes of at least 4 members (excludes halogenated alkanes) is 6. The van der Waals surface area contributed by atoms with E-state index >= 15 is 0 Å². The zero-order valence-electron chi connectivity index (χ0n) is 20.1. The Balaban J connectivity index is 1.73. The van der Waals surface area contributed by atoms with Crippen LogP contribution in [-0.4, -0.2) is 26.8 Å². The molecule has 3 aromatic rings. The number of hydrogen-bond donors (Lipinski definition) is 2. The molecule has 0 radical (unpaired) electrons. The lowest BCUT2D eigenvalue weighted by Crippen LogP contribution is -2.14. The molecule has 0 saturated carbocycles. The van der Waals surface area contributed by atoms with Gasteiger partial charge < -0.3 is 9.55 Å². The predicted octanol–water partition coefficient (Wildman–Crippen LogP) is 7.77. The average Bonchev–Trinajstić information content (AvgIpc) is 3.07. The highest BCUT2D eigenvalue weighted by Gasteiger charge is 2.34. The summed E-state index contributed by atoms with van der Waals surface area (Å²) in [6, 6.07) is 4.15. The van der Waals surface area contributed by atoms with Crippen LogP contribution in [0.4, 0.5) is 13.2 Å². The Kier molecular flexibility index (Phi) is 9.89. The van der Waals surface area contributed by atoms with E-state index in [9.17, 15) is 18.0 Å². The molecule has 34 heavy (non-hydrogen) atoms. The van der Waals surface area contributed by atoms with Gasteiger partial charge in [-0.15, -0.1) is 0 Å². The number of alkyl halides is 3. The van der Waals surface area contributed by atoms with Gasteiger partial charge >= 0.3 is 6.18 Å². The molecule has 0 fully saturated rings. The lowest BCUT2D eigenvalue weighted by molar-refractivity contribution is -0.136. The third-order valence-electron chi connectivity index (χ3n) is 6.46. The number of H-pyrrole nitrogens is 1. The SMILES string of the molecule is CCc1c(C)c2c3c(C(F)(F)F)cc(=O)[nH]c3ccc2n1CCCCCCCCCSCCS. The molecule has 0 aliphatic heterocycles. The van der Waals surface area contributed by atoms with Crippen LogP contribution in [0.1, 0.15) is 68.7 Å². The van der Waals surface area contributed by atoms with Gasteiger partial charge in [-0.1, -0.05) is 39.0 Å². The van der Waals surface area contributed by atoms with E-state index in [2.05, 4.69) is 22.2 Å². The number of rotatable bonds is 13. The van der Waals surface area contributed by atoms with Gasteiger partial charge in [0.25, 0.3) is 0 Å². The van der Waals surface area contributed by atoms with E-state index in [-0.39, 0.29) is 10.9 Å². The topological polar surface area (TPSA) is 37.8 Å². The van der Waals surface area contributed by atoms with Crippen molar-refractivity contribution in [3.63, 3.8) is 0 Å². The number of aromatic amines is 1. The van der Waals surface area contributed by atoms with Crippen LogP contribution in [0, 0.1) is 6.92 Å². The Morgan fingerprint density at radius 3 is 2.32 bits per heavy atom. The Bertz CT molecular complexity index is 1150. The van der Waals surface area contributed by atoms with Gasteiger partial charge in [-0.2, -0.15) is 37.6 Å². The van der Waals surface area contributed by atoms with Crippen LogP contribution < -0.4 is 5.56 Å². The van der Waals surface area contributed by atoms with Crippen LogP contribution in [0.15, 0.2) is 23.0 Å². The van der Waals surface area contributed by atoms with Crippen molar-refractivity contribution < 1.29 is 13.2 Å². The smallest absolute Gasteiger partial charge is 0.344 e. The molecule has 0 aliphatic rings. The van der Waals surface area contributed by atoms with E-state index < -0.39 is 17.3 Å². The summed E-state index contributed by atoms with van der Waals surface area (Å²) in [5, 5.41) is 0.705. The minimum atomic E-state index is -4.59. The first kappa shape index (κ1) is 27.1. The van der Waals surface area contributed by atoms with Crippen molar-refractivity contribution in [3.8, 4) is 0 Å². The monoisotopic (exact) mass is 512 g/mol. The van der Waals surface area contributed by atoms with Crippen LogP contribution in [0.2, 0.25) is 0 Å². The molecule has 3 rings (SSSR count). The minimum absolute atomic E-state index is 0.100. The zero-order valence-corrected chi connectivity index (χ0v) is 21.8. The van der Waals surface area contributed by atoms with E-state index in [4.69, 9.17) is 0 Å². The third-order valence-corrected chi connectivity index (χ3v) is 8.05. The first-order chi connectivity index (χ1) is 16.3. The molecule has 0 unspecified atom stereocenters. The van der Waals surface area contributed by atoms with Crippen molar-refractivity contribution in [2.24, 2.45) is 0 Å². The molecule has 3 nitrogen and oxygen atoms in total. The van der Waals surface area contributed by atoms with Gasteiger partial charge in [-0.3, -0.25) is 4.79 Å². The molecule has 1 aromatic carbocycles. The molecule has 0 spiro atoms. The van der Waals surface area contributed by atoms with Gasteiger partial charge in [0.05, 0.1) is 5.56 Å². The molecular formula is C26H35F3N2OS2. The summed E-state index contributed by atoms with van der Waals surface area (Å²) >= 11 is 6.20. The van der Waals surface area contributed by atoms with Crippen LogP contribution in [-0.2, 0) is 19.1 Å². The van der Waals surface area contributed by atoms with Gasteiger partial charge in [0, 0.05) is 45.9 Å². The second kappa shape index (κ2) is 12.4. The summed E-state index contributed by atoms with van der Waals surface area (Å²) in [5.74, 6) is 3.29. The number of nitrogens with zero attached hydrogens (tertiary/aromatic N) is 1. The molecular weight excluding hydrogens is 477 g/mol. The maximum atomic E-state index is 13.8. The highest BCUT2D eigenvalue weighted by molar-refractivity contribution is 7.99. The first-order valence-electron chi connectivity index (χ1n) is 12.2. The molecule has 2 aromatic heterocycles. The van der Waals surface area contributed by atoms with Crippen LogP contribution >= 0.6 is 24.4 Å². The van der Waals surface area contributed by atoms with E-state index in [1.807, 2.05) is 31.7 Å². The Morgan fingerprint density at radius 1 is 1.00 bits per heavy atom. The van der Waals surface area contributed by atoms with E-state index in [0.717, 1.165) is 54.1 Å². The van der Waals surface area contributed by atoms with Crippen LogP contribution in [0.25, 0.3) is 21.8 Å². The number of thiol groups is 1. The number of benzene rings is 1. The Labute approximate surface area is 209 Å². The number of aromatic nitrogens is 2.